The number of carbonyl (C=O) groups excluding carboxylic acids is 1. The molecule has 0 aliphatic carbocycles. The second-order valence-electron chi connectivity index (χ2n) is 4.61. The highest BCUT2D eigenvalue weighted by atomic mass is 35.5. The highest BCUT2D eigenvalue weighted by Gasteiger charge is 2.18. The van der Waals surface area contributed by atoms with E-state index in [4.69, 9.17) is 4.74 Å². The molecule has 0 spiro atoms. The van der Waals surface area contributed by atoms with Crippen molar-refractivity contribution in [1.82, 2.24) is 20.5 Å². The number of aromatic nitrogens is 3. The normalized spacial score (nSPS) is 16.8. The number of amides is 1. The van der Waals surface area contributed by atoms with E-state index in [-0.39, 0.29) is 36.8 Å². The fourth-order valence-corrected chi connectivity index (χ4v) is 2.75. The Kier molecular flexibility index (Phi) is 8.35. The number of pyridine rings is 1. The van der Waals surface area contributed by atoms with Gasteiger partial charge in [0, 0.05) is 25.2 Å². The Hall–Kier alpha value is -1.32. The van der Waals surface area contributed by atoms with Crippen LogP contribution in [0.3, 0.4) is 0 Å². The Bertz CT molecular complexity index is 607. The summed E-state index contributed by atoms with van der Waals surface area (Å²) in [6.07, 6.45) is 2.06. The van der Waals surface area contributed by atoms with Gasteiger partial charge < -0.3 is 15.4 Å². The van der Waals surface area contributed by atoms with E-state index in [1.807, 2.05) is 18.2 Å². The van der Waals surface area contributed by atoms with E-state index in [0.717, 1.165) is 12.2 Å². The number of rotatable bonds is 4. The molecule has 2 N–H and O–H groups in total. The van der Waals surface area contributed by atoms with Gasteiger partial charge in [0.2, 0.25) is 11.0 Å². The van der Waals surface area contributed by atoms with Gasteiger partial charge in [0.1, 0.15) is 5.69 Å². The third-order valence-electron chi connectivity index (χ3n) is 2.99. The van der Waals surface area contributed by atoms with Crippen LogP contribution in [0.2, 0.25) is 0 Å². The molecule has 1 unspecified atom stereocenters. The molecule has 1 saturated heterocycles. The number of morpholine rings is 1. The predicted molar refractivity (Wildman–Crippen MR) is 93.5 cm³/mol. The summed E-state index contributed by atoms with van der Waals surface area (Å²) < 4.78 is 5.32. The lowest BCUT2D eigenvalue weighted by molar-refractivity contribution is -0.117. The van der Waals surface area contributed by atoms with E-state index >= 15 is 0 Å². The molecule has 1 aliphatic rings. The molecule has 1 amide bonds. The van der Waals surface area contributed by atoms with Gasteiger partial charge in [0.15, 0.2) is 5.01 Å². The molecule has 0 saturated carbocycles. The number of hydrogen-bond acceptors (Lipinski definition) is 7. The molecule has 3 rings (SSSR count). The highest BCUT2D eigenvalue weighted by molar-refractivity contribution is 7.18. The standard InChI is InChI=1S/C13H15N5O2S.2ClH/c19-11(7-9-8-20-6-5-14-9)16-13-18-17-12(21-13)10-3-1-2-4-15-10;;/h1-4,9,14H,5-8H2,(H,16,18,19);2*1H. The van der Waals surface area contributed by atoms with Crippen LogP contribution in [0.15, 0.2) is 24.4 Å². The monoisotopic (exact) mass is 377 g/mol. The number of hydrogen-bond donors (Lipinski definition) is 2. The van der Waals surface area contributed by atoms with E-state index in [9.17, 15) is 4.79 Å². The fourth-order valence-electron chi connectivity index (χ4n) is 2.01. The number of halogens is 2. The van der Waals surface area contributed by atoms with Gasteiger partial charge in [0.25, 0.3) is 0 Å². The summed E-state index contributed by atoms with van der Waals surface area (Å²) in [5.41, 5.74) is 0.748. The van der Waals surface area contributed by atoms with Crippen LogP contribution in [0, 0.1) is 0 Å². The van der Waals surface area contributed by atoms with Gasteiger partial charge in [0.05, 0.1) is 13.2 Å². The minimum absolute atomic E-state index is 0. The Labute approximate surface area is 150 Å². The average molecular weight is 378 g/mol. The lowest BCUT2D eigenvalue weighted by Gasteiger charge is -2.22. The summed E-state index contributed by atoms with van der Waals surface area (Å²) in [6.45, 7) is 2.03. The Morgan fingerprint density at radius 3 is 2.96 bits per heavy atom. The Balaban J connectivity index is 0.00000132. The summed E-state index contributed by atoms with van der Waals surface area (Å²) in [7, 11) is 0. The maximum Gasteiger partial charge on any atom is 0.227 e. The first-order chi connectivity index (χ1) is 10.3. The second kappa shape index (κ2) is 9.74. The van der Waals surface area contributed by atoms with Crippen LogP contribution in [-0.4, -0.2) is 46.9 Å². The molecule has 1 aliphatic heterocycles. The topological polar surface area (TPSA) is 89.0 Å². The van der Waals surface area contributed by atoms with Gasteiger partial charge in [-0.1, -0.05) is 17.4 Å². The molecule has 23 heavy (non-hydrogen) atoms. The van der Waals surface area contributed by atoms with Crippen LogP contribution >= 0.6 is 36.2 Å². The summed E-state index contributed by atoms with van der Waals surface area (Å²) in [6, 6.07) is 5.64. The first-order valence-electron chi connectivity index (χ1n) is 6.67. The van der Waals surface area contributed by atoms with Crippen molar-refractivity contribution in [2.45, 2.75) is 12.5 Å². The van der Waals surface area contributed by atoms with Crippen molar-refractivity contribution in [2.24, 2.45) is 0 Å². The summed E-state index contributed by atoms with van der Waals surface area (Å²) in [5.74, 6) is -0.0956. The van der Waals surface area contributed by atoms with E-state index in [0.29, 0.717) is 29.8 Å². The van der Waals surface area contributed by atoms with E-state index in [1.54, 1.807) is 6.20 Å². The zero-order chi connectivity index (χ0) is 14.5. The minimum atomic E-state index is -0.0956. The quantitative estimate of drug-likeness (QED) is 0.843. The molecular weight excluding hydrogens is 361 g/mol. The lowest BCUT2D eigenvalue weighted by atomic mass is 10.2. The summed E-state index contributed by atoms with van der Waals surface area (Å²) in [5, 5.41) is 15.2. The second-order valence-corrected chi connectivity index (χ2v) is 5.58. The van der Waals surface area contributed by atoms with Crippen molar-refractivity contribution in [3.05, 3.63) is 24.4 Å². The van der Waals surface area contributed by atoms with Gasteiger partial charge >= 0.3 is 0 Å². The van der Waals surface area contributed by atoms with Gasteiger partial charge in [-0.25, -0.2) is 0 Å². The van der Waals surface area contributed by atoms with Crippen LogP contribution in [0.5, 0.6) is 0 Å². The zero-order valence-electron chi connectivity index (χ0n) is 12.1. The number of ether oxygens (including phenoxy) is 1. The minimum Gasteiger partial charge on any atom is -0.378 e. The zero-order valence-corrected chi connectivity index (χ0v) is 14.5. The Morgan fingerprint density at radius 1 is 1.39 bits per heavy atom. The number of carbonyl (C=O) groups is 1. The average Bonchev–Trinajstić information content (AvgIpc) is 2.97. The third-order valence-corrected chi connectivity index (χ3v) is 3.85. The molecule has 0 aromatic carbocycles. The first-order valence-corrected chi connectivity index (χ1v) is 7.49. The van der Waals surface area contributed by atoms with E-state index < -0.39 is 0 Å². The number of anilines is 1. The maximum absolute atomic E-state index is 11.9. The van der Waals surface area contributed by atoms with Crippen LogP contribution < -0.4 is 10.6 Å². The van der Waals surface area contributed by atoms with E-state index in [1.165, 1.54) is 11.3 Å². The van der Waals surface area contributed by atoms with Crippen molar-refractivity contribution in [3.8, 4) is 10.7 Å². The molecule has 0 bridgehead atoms. The maximum atomic E-state index is 11.9. The van der Waals surface area contributed by atoms with Crippen LogP contribution in [0.25, 0.3) is 10.7 Å². The Morgan fingerprint density at radius 2 is 2.26 bits per heavy atom. The van der Waals surface area contributed by atoms with Gasteiger partial charge in [-0.15, -0.1) is 35.0 Å². The fraction of sp³-hybridized carbons (Fsp3) is 0.385. The molecule has 7 nitrogen and oxygen atoms in total. The lowest BCUT2D eigenvalue weighted by Crippen LogP contribution is -2.43. The molecular formula is C13H17Cl2N5O2S. The van der Waals surface area contributed by atoms with Gasteiger partial charge in [-0.2, -0.15) is 0 Å². The highest BCUT2D eigenvalue weighted by Crippen LogP contribution is 2.24. The molecule has 10 heteroatoms. The van der Waals surface area contributed by atoms with Crippen molar-refractivity contribution in [1.29, 1.82) is 0 Å². The first kappa shape index (κ1) is 19.7. The van der Waals surface area contributed by atoms with Gasteiger partial charge in [-0.3, -0.25) is 9.78 Å². The summed E-state index contributed by atoms with van der Waals surface area (Å²) >= 11 is 1.31. The van der Waals surface area contributed by atoms with E-state index in [2.05, 4.69) is 25.8 Å². The SMILES string of the molecule is Cl.Cl.O=C(CC1COCCN1)Nc1nnc(-c2ccccn2)s1. The molecule has 1 atom stereocenters. The number of nitrogens with zero attached hydrogens (tertiary/aromatic N) is 3. The van der Waals surface area contributed by atoms with Crippen molar-refractivity contribution in [3.63, 3.8) is 0 Å². The molecule has 0 radical (unpaired) electrons. The summed E-state index contributed by atoms with van der Waals surface area (Å²) in [4.78, 5) is 16.1. The van der Waals surface area contributed by atoms with Crippen LogP contribution in [0.1, 0.15) is 6.42 Å². The smallest absolute Gasteiger partial charge is 0.227 e. The number of nitrogens with one attached hydrogen (secondary N) is 2. The molecule has 2 aromatic heterocycles. The van der Waals surface area contributed by atoms with Crippen molar-refractivity contribution in [2.75, 3.05) is 25.1 Å². The van der Waals surface area contributed by atoms with Crippen molar-refractivity contribution >= 4 is 47.2 Å². The molecule has 126 valence electrons. The molecule has 3 heterocycles. The third kappa shape index (κ3) is 5.67. The molecule has 1 fully saturated rings. The predicted octanol–water partition coefficient (Wildman–Crippen LogP) is 1.76. The van der Waals surface area contributed by atoms with Crippen molar-refractivity contribution < 1.29 is 9.53 Å². The van der Waals surface area contributed by atoms with Crippen LogP contribution in [0.4, 0.5) is 5.13 Å². The molecule has 2 aromatic rings. The van der Waals surface area contributed by atoms with Gasteiger partial charge in [-0.05, 0) is 12.1 Å². The largest absolute Gasteiger partial charge is 0.378 e. The van der Waals surface area contributed by atoms with Crippen LogP contribution in [-0.2, 0) is 9.53 Å².